The third kappa shape index (κ3) is 5.15. The van der Waals surface area contributed by atoms with Crippen LogP contribution in [0.1, 0.15) is 41.9 Å². The highest BCUT2D eigenvalue weighted by Crippen LogP contribution is 2.32. The van der Waals surface area contributed by atoms with Crippen molar-refractivity contribution >= 4 is 32.6 Å². The van der Waals surface area contributed by atoms with Crippen LogP contribution in [0.5, 0.6) is 0 Å². The quantitative estimate of drug-likeness (QED) is 0.353. The van der Waals surface area contributed by atoms with Gasteiger partial charge in [-0.25, -0.2) is 4.98 Å². The van der Waals surface area contributed by atoms with Crippen LogP contribution in [0.3, 0.4) is 0 Å². The lowest BCUT2D eigenvalue weighted by Crippen LogP contribution is -2.43. The highest BCUT2D eigenvalue weighted by atomic mass is 32.1. The monoisotopic (exact) mass is 469 g/mol. The van der Waals surface area contributed by atoms with E-state index < -0.39 is 0 Å². The van der Waals surface area contributed by atoms with E-state index in [9.17, 15) is 4.79 Å². The van der Waals surface area contributed by atoms with Gasteiger partial charge in [-0.05, 0) is 55.0 Å². The number of piperidine rings is 1. The fraction of sp³-hybridized carbons (Fsp3) is 0.310. The number of hydrogen-bond donors (Lipinski definition) is 1. The van der Waals surface area contributed by atoms with Gasteiger partial charge in [0.2, 0.25) is 5.91 Å². The normalized spacial score (nSPS) is 16.2. The molecule has 34 heavy (non-hydrogen) atoms. The molecule has 0 aliphatic carbocycles. The number of fused-ring (bicyclic) bond motifs is 1. The van der Waals surface area contributed by atoms with Crippen LogP contribution in [-0.2, 0) is 4.79 Å². The van der Waals surface area contributed by atoms with Gasteiger partial charge in [-0.15, -0.1) is 0 Å². The van der Waals surface area contributed by atoms with Gasteiger partial charge in [-0.1, -0.05) is 78.1 Å². The molecule has 1 atom stereocenters. The number of carbonyl (C=O) groups is 1. The van der Waals surface area contributed by atoms with Crippen LogP contribution in [0.4, 0.5) is 5.13 Å². The minimum Gasteiger partial charge on any atom is -0.356 e. The molecule has 1 aromatic heterocycles. The molecule has 1 aliphatic rings. The largest absolute Gasteiger partial charge is 0.356 e. The third-order valence-electron chi connectivity index (χ3n) is 6.73. The summed E-state index contributed by atoms with van der Waals surface area (Å²) in [6.45, 7) is 4.49. The fourth-order valence-corrected chi connectivity index (χ4v) is 6.00. The Morgan fingerprint density at radius 3 is 2.47 bits per heavy atom. The molecule has 0 radical (unpaired) electrons. The number of carbonyl (C=O) groups excluding carboxylic acids is 1. The summed E-state index contributed by atoms with van der Waals surface area (Å²) in [4.78, 5) is 20.2. The van der Waals surface area contributed by atoms with E-state index in [1.165, 1.54) is 21.4 Å². The summed E-state index contributed by atoms with van der Waals surface area (Å²) in [6, 6.07) is 27.6. The molecule has 0 spiro atoms. The third-order valence-corrected chi connectivity index (χ3v) is 7.81. The first-order valence-electron chi connectivity index (χ1n) is 12.2. The van der Waals surface area contributed by atoms with Crippen molar-refractivity contribution in [1.29, 1.82) is 0 Å². The lowest BCUT2D eigenvalue weighted by molar-refractivity contribution is -0.125. The lowest BCUT2D eigenvalue weighted by atomic mass is 9.88. The van der Waals surface area contributed by atoms with E-state index in [1.54, 1.807) is 11.3 Å². The molecule has 1 aliphatic heterocycles. The van der Waals surface area contributed by atoms with E-state index in [2.05, 4.69) is 96.0 Å². The molecule has 3 aromatic carbocycles. The Morgan fingerprint density at radius 2 is 1.76 bits per heavy atom. The van der Waals surface area contributed by atoms with Crippen LogP contribution in [0.25, 0.3) is 10.2 Å². The van der Waals surface area contributed by atoms with Crippen molar-refractivity contribution in [3.8, 4) is 0 Å². The van der Waals surface area contributed by atoms with E-state index in [0.717, 1.165) is 43.0 Å². The number of aromatic nitrogens is 1. The highest BCUT2D eigenvalue weighted by Gasteiger charge is 2.27. The second-order valence-electron chi connectivity index (χ2n) is 9.21. The van der Waals surface area contributed by atoms with E-state index >= 15 is 0 Å². The number of anilines is 1. The number of rotatable bonds is 7. The number of hydrogen-bond acceptors (Lipinski definition) is 4. The first kappa shape index (κ1) is 22.6. The van der Waals surface area contributed by atoms with Crippen LogP contribution in [0.15, 0.2) is 78.9 Å². The zero-order valence-corrected chi connectivity index (χ0v) is 20.4. The van der Waals surface area contributed by atoms with Gasteiger partial charge >= 0.3 is 0 Å². The van der Waals surface area contributed by atoms with Gasteiger partial charge in [0.1, 0.15) is 0 Å². The Bertz CT molecular complexity index is 1200. The molecule has 1 unspecified atom stereocenters. The summed E-state index contributed by atoms with van der Waals surface area (Å²) in [5.74, 6) is 0.452. The van der Waals surface area contributed by atoms with E-state index in [-0.39, 0.29) is 17.7 Å². The van der Waals surface area contributed by atoms with Crippen molar-refractivity contribution in [1.82, 2.24) is 10.3 Å². The molecule has 4 nitrogen and oxygen atoms in total. The molecule has 174 valence electrons. The number of nitrogens with one attached hydrogen (secondary N) is 1. The molecule has 1 saturated heterocycles. The van der Waals surface area contributed by atoms with Crippen LogP contribution < -0.4 is 10.2 Å². The summed E-state index contributed by atoms with van der Waals surface area (Å²) in [7, 11) is 0. The fourth-order valence-electron chi connectivity index (χ4n) is 4.90. The minimum atomic E-state index is 0.00870. The van der Waals surface area contributed by atoms with E-state index in [1.807, 2.05) is 0 Å². The highest BCUT2D eigenvalue weighted by molar-refractivity contribution is 7.22. The minimum absolute atomic E-state index is 0.00870. The molecule has 1 fully saturated rings. The molecule has 4 aromatic rings. The van der Waals surface area contributed by atoms with E-state index in [4.69, 9.17) is 4.98 Å². The Labute approximate surface area is 205 Å². The van der Waals surface area contributed by atoms with Gasteiger partial charge in [-0.2, -0.15) is 0 Å². The SMILES string of the molecule is Cc1ccc2nc(N3CCCC(C(=O)NCCC(c4ccccc4)c4ccccc4)C3)sc2c1. The summed E-state index contributed by atoms with van der Waals surface area (Å²) < 4.78 is 1.22. The molecule has 2 heterocycles. The summed E-state index contributed by atoms with van der Waals surface area (Å²) in [5, 5.41) is 4.28. The van der Waals surface area contributed by atoms with Crippen LogP contribution in [0, 0.1) is 12.8 Å². The lowest BCUT2D eigenvalue weighted by Gasteiger charge is -2.31. The first-order valence-corrected chi connectivity index (χ1v) is 13.0. The Balaban J connectivity index is 1.21. The van der Waals surface area contributed by atoms with Crippen molar-refractivity contribution in [2.45, 2.75) is 32.1 Å². The topological polar surface area (TPSA) is 45.2 Å². The standard InChI is InChI=1S/C29H31N3OS/c1-21-14-15-26-27(19-21)34-29(31-26)32-18-8-13-24(20-32)28(33)30-17-16-25(22-9-4-2-5-10-22)23-11-6-3-7-12-23/h2-7,9-12,14-15,19,24-25H,8,13,16-18,20H2,1H3,(H,30,33). The Hall–Kier alpha value is -3.18. The predicted molar refractivity (Wildman–Crippen MR) is 142 cm³/mol. The number of nitrogens with zero attached hydrogens (tertiary/aromatic N) is 2. The van der Waals surface area contributed by atoms with Gasteiger partial charge in [0.25, 0.3) is 0 Å². The van der Waals surface area contributed by atoms with Gasteiger partial charge in [0.05, 0.1) is 16.1 Å². The molecule has 0 saturated carbocycles. The van der Waals surface area contributed by atoms with Gasteiger partial charge in [-0.3, -0.25) is 4.79 Å². The maximum Gasteiger partial charge on any atom is 0.224 e. The number of amides is 1. The second-order valence-corrected chi connectivity index (χ2v) is 10.2. The Morgan fingerprint density at radius 1 is 1.06 bits per heavy atom. The maximum atomic E-state index is 13.1. The molecule has 5 rings (SSSR count). The summed E-state index contributed by atoms with van der Waals surface area (Å²) in [5.41, 5.74) is 4.88. The first-order chi connectivity index (χ1) is 16.7. The summed E-state index contributed by atoms with van der Waals surface area (Å²) in [6.07, 6.45) is 2.84. The average molecular weight is 470 g/mol. The van der Waals surface area contributed by atoms with Crippen molar-refractivity contribution < 1.29 is 4.79 Å². The Kier molecular flexibility index (Phi) is 6.91. The van der Waals surface area contributed by atoms with Crippen LogP contribution in [-0.4, -0.2) is 30.5 Å². The van der Waals surface area contributed by atoms with Crippen molar-refractivity contribution in [2.24, 2.45) is 5.92 Å². The molecule has 1 N–H and O–H groups in total. The van der Waals surface area contributed by atoms with Crippen LogP contribution in [0.2, 0.25) is 0 Å². The average Bonchev–Trinajstić information content (AvgIpc) is 3.31. The van der Waals surface area contributed by atoms with Gasteiger partial charge < -0.3 is 10.2 Å². The maximum absolute atomic E-state index is 13.1. The van der Waals surface area contributed by atoms with Crippen molar-refractivity contribution in [3.05, 3.63) is 95.6 Å². The molecular weight excluding hydrogens is 438 g/mol. The summed E-state index contributed by atoms with van der Waals surface area (Å²) >= 11 is 1.73. The smallest absolute Gasteiger partial charge is 0.224 e. The number of aryl methyl sites for hydroxylation is 1. The predicted octanol–water partition coefficient (Wildman–Crippen LogP) is 6.16. The molecular formula is C29H31N3OS. The van der Waals surface area contributed by atoms with Gasteiger partial charge in [0.15, 0.2) is 5.13 Å². The van der Waals surface area contributed by atoms with E-state index in [0.29, 0.717) is 6.54 Å². The number of benzene rings is 3. The van der Waals surface area contributed by atoms with Crippen LogP contribution >= 0.6 is 11.3 Å². The molecule has 0 bridgehead atoms. The van der Waals surface area contributed by atoms with Gasteiger partial charge in [0, 0.05) is 25.6 Å². The number of thiazole rings is 1. The van der Waals surface area contributed by atoms with Crippen molar-refractivity contribution in [3.63, 3.8) is 0 Å². The molecule has 1 amide bonds. The van der Waals surface area contributed by atoms with Crippen molar-refractivity contribution in [2.75, 3.05) is 24.5 Å². The molecule has 5 heteroatoms. The second kappa shape index (κ2) is 10.4. The zero-order chi connectivity index (χ0) is 23.3. The zero-order valence-electron chi connectivity index (χ0n) is 19.6.